The molecule has 1 spiro atoms. The minimum absolute atomic E-state index is 0.00137. The van der Waals surface area contributed by atoms with Gasteiger partial charge in [-0.05, 0) is 131 Å². The lowest BCUT2D eigenvalue weighted by Crippen LogP contribution is -2.71. The number of carbonyl (C=O) groups excluding carboxylic acids is 12. The van der Waals surface area contributed by atoms with Gasteiger partial charge in [0.15, 0.2) is 0 Å². The quantitative estimate of drug-likeness (QED) is 0.195. The summed E-state index contributed by atoms with van der Waals surface area (Å²) in [7, 11) is 12.7. The maximum absolute atomic E-state index is 15.7. The van der Waals surface area contributed by atoms with Crippen LogP contribution in [0.25, 0.3) is 0 Å². The van der Waals surface area contributed by atoms with Crippen LogP contribution in [0.5, 0.6) is 0 Å². The molecule has 592 valence electrons. The molecule has 2 bridgehead atoms. The first kappa shape index (κ1) is 85.3. The van der Waals surface area contributed by atoms with Gasteiger partial charge in [0.05, 0.1) is 38.1 Å². The van der Waals surface area contributed by atoms with Gasteiger partial charge in [0.1, 0.15) is 53.9 Å². The molecule has 4 saturated carbocycles. The molecule has 3 aliphatic heterocycles. The Morgan fingerprint density at radius 3 is 1.91 bits per heavy atom. The molecule has 26 nitrogen and oxygen atoms in total. The molecule has 2 saturated heterocycles. The Kier molecular flexibility index (Phi) is 29.9. The molecule has 13 atom stereocenters. The largest absolute Gasteiger partial charge is 0.394 e. The monoisotopic (exact) mass is 1480 g/mol. The van der Waals surface area contributed by atoms with Gasteiger partial charge in [-0.1, -0.05) is 98.6 Å². The zero-order valence-corrected chi connectivity index (χ0v) is 65.4. The molecule has 12 amide bonds. The van der Waals surface area contributed by atoms with E-state index in [2.05, 4.69) is 22.9 Å². The summed E-state index contributed by atoms with van der Waals surface area (Å²) < 4.78 is 54.1. The van der Waals surface area contributed by atoms with E-state index in [1.54, 1.807) is 19.9 Å². The van der Waals surface area contributed by atoms with Crippen LogP contribution in [0.1, 0.15) is 183 Å². The van der Waals surface area contributed by atoms with E-state index in [1.807, 2.05) is 33.8 Å². The second-order valence-corrected chi connectivity index (χ2v) is 32.9. The highest BCUT2D eigenvalue weighted by molar-refractivity contribution is 6.01. The van der Waals surface area contributed by atoms with Gasteiger partial charge >= 0.3 is 6.18 Å². The van der Waals surface area contributed by atoms with Crippen molar-refractivity contribution in [2.75, 3.05) is 103 Å². The van der Waals surface area contributed by atoms with E-state index in [-0.39, 0.29) is 108 Å². The van der Waals surface area contributed by atoms with Crippen LogP contribution in [-0.4, -0.2) is 284 Å². The molecule has 7 aliphatic rings. The molecule has 3 N–H and O–H groups in total. The van der Waals surface area contributed by atoms with Crippen molar-refractivity contribution in [3.05, 3.63) is 12.2 Å². The van der Waals surface area contributed by atoms with Crippen LogP contribution < -0.4 is 16.0 Å². The van der Waals surface area contributed by atoms with Gasteiger partial charge in [0, 0.05) is 83.2 Å². The molecule has 3 heterocycles. The van der Waals surface area contributed by atoms with E-state index >= 15 is 28.8 Å². The molecule has 3 unspecified atom stereocenters. The SMILES string of the molecule is CCOC[C@H]1C(=O)N[C@@H]([C@@H](C)CC)C(=O)N(C)CC(=O)N(C)[C@H]2C/C=C\CCN(C2=O)[C@@H](CC2CCC(C)CC2)C(=O)N(C)CC(=O)N[C@@H](CCC2CCC(C(F)(F)F)C(OC)C2)C(=O)N2C[C@@H](C)C[C@H]2C(=O)NC2(CC(C)(C)C2)C(=O)N(C)[C@@H](C2CCCC2)C(=O)N(C)[C@H](C(=O)N(C)C)CC(=O)N1C. The van der Waals surface area contributed by atoms with Crippen molar-refractivity contribution in [1.82, 2.24) is 60.0 Å². The molecule has 4 aliphatic carbocycles. The smallest absolute Gasteiger partial charge is 0.381 e. The lowest BCUT2D eigenvalue weighted by Gasteiger charge is -2.54. The highest BCUT2D eigenvalue weighted by Gasteiger charge is 2.59. The van der Waals surface area contributed by atoms with Gasteiger partial charge in [-0.2, -0.15) is 13.2 Å². The van der Waals surface area contributed by atoms with Crippen molar-refractivity contribution in [3.8, 4) is 0 Å². The number of methoxy groups -OCH3 is 1. The maximum Gasteiger partial charge on any atom is 0.394 e. The number of likely N-dealkylation sites (N-methyl/N-ethyl adjacent to an activating group) is 7. The normalized spacial score (nSPS) is 32.1. The summed E-state index contributed by atoms with van der Waals surface area (Å²) in [6, 6.07) is -10.2. The average Bonchev–Trinajstić information content (AvgIpc) is 1.22. The Labute approximate surface area is 620 Å². The fraction of sp³-hybridized carbons (Fsp3) is 0.816. The number of halogens is 3. The second-order valence-electron chi connectivity index (χ2n) is 32.9. The summed E-state index contributed by atoms with van der Waals surface area (Å²) in [6.45, 7) is 11.9. The van der Waals surface area contributed by atoms with Crippen molar-refractivity contribution in [2.45, 2.75) is 249 Å². The standard InChI is InChI=1S/C76H123F3N12O14/c1-17-48(5)63-71(101)85(11)42-62(94)86(12)54-26-20-19-23-35-90(70(54)100)57(37-49-29-27-46(3)28-30-49)69(99)84(10)41-60(92)80-53(34-32-50-31-33-52(76(77,78)79)59(38-50)104-16)67(97)91-40-47(4)36-55(91)66(96)82-75(44-74(6,7)45-75)73(103)89(15)64(51-24-21-22-25-51)72(102)88(14)56(68(98)83(8)9)39-61(93)87(13)58(43-105-18-2)65(95)81-63/h19-20,46-59,63-64H,17-18,21-45H2,1-16H3,(H,80,92)(H,81,95)(H,82,96)/b20-19-/t46?,47-,48-,49?,50?,52?,53-,54-,55-,56-,57-,58-,59?,63-,64-/m0/s1. The maximum atomic E-state index is 15.7. The van der Waals surface area contributed by atoms with E-state index in [1.165, 1.54) is 97.8 Å². The van der Waals surface area contributed by atoms with Crippen LogP contribution in [-0.2, 0) is 67.0 Å². The van der Waals surface area contributed by atoms with Crippen molar-refractivity contribution < 1.29 is 80.2 Å². The molecule has 0 aromatic heterocycles. The molecular formula is C76H123F3N12O14. The van der Waals surface area contributed by atoms with E-state index in [0.717, 1.165) is 48.3 Å². The number of nitrogens with one attached hydrogen (secondary N) is 3. The van der Waals surface area contributed by atoms with E-state index in [0.29, 0.717) is 31.6 Å². The van der Waals surface area contributed by atoms with Crippen molar-refractivity contribution in [2.24, 2.45) is 46.8 Å². The number of amides is 12. The zero-order chi connectivity index (χ0) is 77.9. The fourth-order valence-electron chi connectivity index (χ4n) is 17.6. The summed E-state index contributed by atoms with van der Waals surface area (Å²) in [5.74, 6) is -10.8. The Hall–Kier alpha value is -6.91. The number of carbonyl (C=O) groups is 12. The molecule has 6 fully saturated rings. The number of hydrogen-bond donors (Lipinski definition) is 3. The van der Waals surface area contributed by atoms with Crippen molar-refractivity contribution in [1.29, 1.82) is 0 Å². The van der Waals surface area contributed by atoms with Crippen molar-refractivity contribution >= 4 is 70.9 Å². The van der Waals surface area contributed by atoms with Crippen LogP contribution in [0.4, 0.5) is 13.2 Å². The van der Waals surface area contributed by atoms with Gasteiger partial charge in [-0.15, -0.1) is 0 Å². The van der Waals surface area contributed by atoms with Crippen molar-refractivity contribution in [3.63, 3.8) is 0 Å². The zero-order valence-electron chi connectivity index (χ0n) is 65.4. The summed E-state index contributed by atoms with van der Waals surface area (Å²) in [5.41, 5.74) is -2.12. The molecule has 29 heteroatoms. The molecule has 0 aromatic rings. The molecule has 0 radical (unpaired) electrons. The lowest BCUT2D eigenvalue weighted by atomic mass is 9.58. The van der Waals surface area contributed by atoms with E-state index in [9.17, 15) is 41.9 Å². The first-order valence-corrected chi connectivity index (χ1v) is 38.4. The van der Waals surface area contributed by atoms with E-state index in [4.69, 9.17) is 9.47 Å². The summed E-state index contributed by atoms with van der Waals surface area (Å²) in [5, 5.41) is 8.84. The second kappa shape index (κ2) is 36.8. The van der Waals surface area contributed by atoms with Crippen LogP contribution in [0.3, 0.4) is 0 Å². The predicted octanol–water partition coefficient (Wildman–Crippen LogP) is 5.39. The summed E-state index contributed by atoms with van der Waals surface area (Å²) >= 11 is 0. The lowest BCUT2D eigenvalue weighted by molar-refractivity contribution is -0.215. The van der Waals surface area contributed by atoms with Crippen LogP contribution in [0.15, 0.2) is 12.2 Å². The first-order chi connectivity index (χ1) is 49.3. The van der Waals surface area contributed by atoms with E-state index < -0.39 is 180 Å². The Morgan fingerprint density at radius 1 is 0.676 bits per heavy atom. The fourth-order valence-corrected chi connectivity index (χ4v) is 17.6. The highest BCUT2D eigenvalue weighted by atomic mass is 19.4. The molecule has 105 heavy (non-hydrogen) atoms. The van der Waals surface area contributed by atoms with Crippen LogP contribution >= 0.6 is 0 Å². The highest BCUT2D eigenvalue weighted by Crippen LogP contribution is 2.50. The molecule has 0 aromatic carbocycles. The topological polar surface area (TPSA) is 289 Å². The number of rotatable bonds is 13. The number of ether oxygens (including phenoxy) is 2. The van der Waals surface area contributed by atoms with Gasteiger partial charge in [-0.3, -0.25) is 57.5 Å². The van der Waals surface area contributed by atoms with Gasteiger partial charge in [0.2, 0.25) is 70.9 Å². The number of alkyl halides is 3. The number of fused-ring (bicyclic) bond motifs is 3. The minimum Gasteiger partial charge on any atom is -0.381 e. The number of hydrogen-bond acceptors (Lipinski definition) is 14. The molecule has 7 rings (SSSR count). The average molecular weight is 1490 g/mol. The predicted molar refractivity (Wildman–Crippen MR) is 386 cm³/mol. The molecular weight excluding hydrogens is 1360 g/mol. The number of nitrogens with zero attached hydrogens (tertiary/aromatic N) is 9. The van der Waals surface area contributed by atoms with Crippen LogP contribution in [0.2, 0.25) is 0 Å². The third kappa shape index (κ3) is 20.9. The van der Waals surface area contributed by atoms with Gasteiger partial charge in [0.25, 0.3) is 0 Å². The first-order valence-electron chi connectivity index (χ1n) is 38.4. The third-order valence-electron chi connectivity index (χ3n) is 24.1. The Morgan fingerprint density at radius 2 is 1.31 bits per heavy atom. The third-order valence-corrected chi connectivity index (χ3v) is 24.1. The Bertz CT molecular complexity index is 3130. The van der Waals surface area contributed by atoms with Gasteiger partial charge < -0.3 is 69.5 Å². The summed E-state index contributed by atoms with van der Waals surface area (Å²) in [6.07, 6.45) is 4.63. The minimum atomic E-state index is -4.51. The Balaban J connectivity index is 1.32. The van der Waals surface area contributed by atoms with Gasteiger partial charge in [-0.25, -0.2) is 0 Å². The summed E-state index contributed by atoms with van der Waals surface area (Å²) in [4.78, 5) is 193. The van der Waals surface area contributed by atoms with Crippen LogP contribution in [0, 0.1) is 46.8 Å².